The molecule has 0 bridgehead atoms. The van der Waals surface area contributed by atoms with Crippen molar-refractivity contribution in [1.82, 2.24) is 15.3 Å². The first-order valence-electron chi connectivity index (χ1n) is 6.95. The third kappa shape index (κ3) is 3.23. The summed E-state index contributed by atoms with van der Waals surface area (Å²) in [6, 6.07) is 4.11. The molecule has 0 amide bonds. The number of nitrogens with two attached hydrogens (primary N) is 2. The maximum atomic E-state index is 5.79. The van der Waals surface area contributed by atoms with E-state index < -0.39 is 0 Å². The Morgan fingerprint density at radius 3 is 2.68 bits per heavy atom. The van der Waals surface area contributed by atoms with Crippen LogP contribution in [0.2, 0.25) is 0 Å². The van der Waals surface area contributed by atoms with E-state index in [0.29, 0.717) is 5.82 Å². The number of nitrogens with one attached hydrogen (secondary N) is 1. The standard InChI is InChI=1S/C14H25N5/c1-14(2,19-7-3-4-8-19)12(18-16)9-11-5-6-17-13(15)10-11/h5-6,10,12,18H,3-4,7-9,16H2,1-2H3,(H2,15,17). The lowest BCUT2D eigenvalue weighted by atomic mass is 9.88. The number of hydrogen-bond acceptors (Lipinski definition) is 5. The highest BCUT2D eigenvalue weighted by Gasteiger charge is 2.36. The van der Waals surface area contributed by atoms with Crippen molar-refractivity contribution in [1.29, 1.82) is 0 Å². The Kier molecular flexibility index (Phi) is 4.39. The Balaban J connectivity index is 2.10. The van der Waals surface area contributed by atoms with Crippen LogP contribution in [-0.4, -0.2) is 34.6 Å². The second-order valence-corrected chi connectivity index (χ2v) is 5.86. The van der Waals surface area contributed by atoms with Crippen LogP contribution in [0.1, 0.15) is 32.3 Å². The molecule has 1 atom stereocenters. The Morgan fingerprint density at radius 2 is 2.11 bits per heavy atom. The fraction of sp³-hybridized carbons (Fsp3) is 0.643. The predicted octanol–water partition coefficient (Wildman–Crippen LogP) is 0.913. The van der Waals surface area contributed by atoms with E-state index in [9.17, 15) is 0 Å². The van der Waals surface area contributed by atoms with Gasteiger partial charge in [0.25, 0.3) is 0 Å². The van der Waals surface area contributed by atoms with Crippen molar-refractivity contribution < 1.29 is 0 Å². The van der Waals surface area contributed by atoms with Gasteiger partial charge in [0, 0.05) is 17.8 Å². The lowest BCUT2D eigenvalue weighted by molar-refractivity contribution is 0.106. The summed E-state index contributed by atoms with van der Waals surface area (Å²) >= 11 is 0. The minimum absolute atomic E-state index is 0.0310. The molecule has 1 aliphatic heterocycles. The highest BCUT2D eigenvalue weighted by atomic mass is 15.3. The molecular formula is C14H25N5. The van der Waals surface area contributed by atoms with Crippen molar-refractivity contribution in [2.24, 2.45) is 5.84 Å². The van der Waals surface area contributed by atoms with Crippen LogP contribution in [-0.2, 0) is 6.42 Å². The third-order valence-electron chi connectivity index (χ3n) is 4.26. The van der Waals surface area contributed by atoms with Crippen molar-refractivity contribution in [3.05, 3.63) is 23.9 Å². The molecule has 106 valence electrons. The fourth-order valence-electron chi connectivity index (χ4n) is 2.88. The molecule has 19 heavy (non-hydrogen) atoms. The molecule has 5 nitrogen and oxygen atoms in total. The van der Waals surface area contributed by atoms with Crippen LogP contribution in [0.15, 0.2) is 18.3 Å². The van der Waals surface area contributed by atoms with Crippen LogP contribution in [0.3, 0.4) is 0 Å². The molecule has 2 rings (SSSR count). The maximum Gasteiger partial charge on any atom is 0.123 e. The maximum absolute atomic E-state index is 5.79. The smallest absolute Gasteiger partial charge is 0.123 e. The third-order valence-corrected chi connectivity index (χ3v) is 4.26. The first-order valence-corrected chi connectivity index (χ1v) is 6.95. The molecule has 2 heterocycles. The van der Waals surface area contributed by atoms with E-state index in [4.69, 9.17) is 11.6 Å². The van der Waals surface area contributed by atoms with E-state index in [1.54, 1.807) is 6.20 Å². The number of nitrogen functional groups attached to an aromatic ring is 1. The van der Waals surface area contributed by atoms with Gasteiger partial charge in [-0.1, -0.05) is 0 Å². The van der Waals surface area contributed by atoms with Crippen LogP contribution < -0.4 is 17.0 Å². The van der Waals surface area contributed by atoms with Crippen molar-refractivity contribution in [2.75, 3.05) is 18.8 Å². The van der Waals surface area contributed by atoms with Crippen LogP contribution in [0.4, 0.5) is 5.82 Å². The number of aromatic nitrogens is 1. The Hall–Kier alpha value is -1.17. The number of anilines is 1. The van der Waals surface area contributed by atoms with Gasteiger partial charge in [0.15, 0.2) is 0 Å². The molecule has 1 saturated heterocycles. The minimum atomic E-state index is 0.0310. The average Bonchev–Trinajstić information content (AvgIpc) is 2.90. The van der Waals surface area contributed by atoms with Crippen LogP contribution in [0, 0.1) is 0 Å². The summed E-state index contributed by atoms with van der Waals surface area (Å²) in [5.41, 5.74) is 9.92. The van der Waals surface area contributed by atoms with Crippen LogP contribution >= 0.6 is 0 Å². The summed E-state index contributed by atoms with van der Waals surface area (Å²) in [5, 5.41) is 0. The summed E-state index contributed by atoms with van der Waals surface area (Å²) < 4.78 is 0. The molecule has 0 aliphatic carbocycles. The van der Waals surface area contributed by atoms with Gasteiger partial charge in [0.05, 0.1) is 0 Å². The van der Waals surface area contributed by atoms with Crippen molar-refractivity contribution in [3.63, 3.8) is 0 Å². The van der Waals surface area contributed by atoms with Gasteiger partial charge in [-0.25, -0.2) is 4.98 Å². The summed E-state index contributed by atoms with van der Waals surface area (Å²) in [7, 11) is 0. The van der Waals surface area contributed by atoms with E-state index in [1.807, 2.05) is 12.1 Å². The number of hydrazine groups is 1. The summed E-state index contributed by atoms with van der Waals surface area (Å²) in [6.07, 6.45) is 5.17. The largest absolute Gasteiger partial charge is 0.384 e. The van der Waals surface area contributed by atoms with Crippen LogP contribution in [0.25, 0.3) is 0 Å². The molecule has 5 heteroatoms. The van der Waals surface area contributed by atoms with Crippen LogP contribution in [0.5, 0.6) is 0 Å². The Morgan fingerprint density at radius 1 is 1.42 bits per heavy atom. The molecule has 0 saturated carbocycles. The SMILES string of the molecule is CC(C)(C(Cc1ccnc(N)c1)NN)N1CCCC1. The predicted molar refractivity (Wildman–Crippen MR) is 78.4 cm³/mol. The van der Waals surface area contributed by atoms with Crippen molar-refractivity contribution >= 4 is 5.82 Å². The number of pyridine rings is 1. The number of likely N-dealkylation sites (tertiary alicyclic amines) is 1. The first kappa shape index (κ1) is 14.2. The molecule has 0 aromatic carbocycles. The van der Waals surface area contributed by atoms with Crippen molar-refractivity contribution in [2.45, 2.75) is 44.7 Å². The summed E-state index contributed by atoms with van der Waals surface area (Å²) in [6.45, 7) is 6.83. The second-order valence-electron chi connectivity index (χ2n) is 5.86. The first-order chi connectivity index (χ1) is 9.04. The van der Waals surface area contributed by atoms with Gasteiger partial charge in [0.2, 0.25) is 0 Å². The second kappa shape index (κ2) is 5.86. The summed E-state index contributed by atoms with van der Waals surface area (Å²) in [5.74, 6) is 6.35. The van der Waals surface area contributed by atoms with E-state index in [0.717, 1.165) is 19.5 Å². The van der Waals surface area contributed by atoms with E-state index in [-0.39, 0.29) is 11.6 Å². The van der Waals surface area contributed by atoms with E-state index >= 15 is 0 Å². The topological polar surface area (TPSA) is 80.2 Å². The highest BCUT2D eigenvalue weighted by Crippen LogP contribution is 2.26. The van der Waals surface area contributed by atoms with Crippen molar-refractivity contribution in [3.8, 4) is 0 Å². The number of hydrogen-bond donors (Lipinski definition) is 3. The Bertz CT molecular complexity index is 412. The van der Waals surface area contributed by atoms with E-state index in [1.165, 1.54) is 18.4 Å². The number of rotatable bonds is 5. The minimum Gasteiger partial charge on any atom is -0.384 e. The molecule has 1 aliphatic rings. The lowest BCUT2D eigenvalue weighted by Crippen LogP contribution is -2.59. The highest BCUT2D eigenvalue weighted by molar-refractivity contribution is 5.32. The molecule has 1 unspecified atom stereocenters. The van der Waals surface area contributed by atoms with Gasteiger partial charge >= 0.3 is 0 Å². The lowest BCUT2D eigenvalue weighted by Gasteiger charge is -2.42. The monoisotopic (exact) mass is 263 g/mol. The molecule has 0 radical (unpaired) electrons. The average molecular weight is 263 g/mol. The van der Waals surface area contributed by atoms with Gasteiger partial charge in [-0.2, -0.15) is 0 Å². The molecule has 1 aromatic heterocycles. The molecular weight excluding hydrogens is 238 g/mol. The number of nitrogens with zero attached hydrogens (tertiary/aromatic N) is 2. The normalized spacial score (nSPS) is 18.7. The Labute approximate surface area is 115 Å². The van der Waals surface area contributed by atoms with E-state index in [2.05, 4.69) is 29.2 Å². The van der Waals surface area contributed by atoms with Gasteiger partial charge in [0.1, 0.15) is 5.82 Å². The molecule has 0 spiro atoms. The molecule has 5 N–H and O–H groups in total. The van der Waals surface area contributed by atoms with Gasteiger partial charge in [-0.3, -0.25) is 16.2 Å². The zero-order chi connectivity index (χ0) is 13.9. The van der Waals surface area contributed by atoms with Gasteiger partial charge in [-0.15, -0.1) is 0 Å². The zero-order valence-electron chi connectivity index (χ0n) is 11.9. The zero-order valence-corrected chi connectivity index (χ0v) is 11.9. The van der Waals surface area contributed by atoms with Gasteiger partial charge < -0.3 is 5.73 Å². The quantitative estimate of drug-likeness (QED) is 0.543. The molecule has 1 fully saturated rings. The fourth-order valence-corrected chi connectivity index (χ4v) is 2.88. The summed E-state index contributed by atoms with van der Waals surface area (Å²) in [4.78, 5) is 6.54. The molecule has 1 aromatic rings. The van der Waals surface area contributed by atoms with Gasteiger partial charge in [-0.05, 0) is 63.9 Å².